The summed E-state index contributed by atoms with van der Waals surface area (Å²) >= 11 is 0. The Morgan fingerprint density at radius 3 is 2.80 bits per heavy atom. The highest BCUT2D eigenvalue weighted by atomic mass is 16.8. The van der Waals surface area contributed by atoms with Crippen LogP contribution in [0.2, 0.25) is 0 Å². The molecule has 15 heavy (non-hydrogen) atoms. The minimum absolute atomic E-state index is 0.0256. The SMILES string of the molecule is CC(C)C1CCC2(C)OC(CC=O)C1O2. The summed E-state index contributed by atoms with van der Waals surface area (Å²) in [6.07, 6.45) is 3.59. The molecule has 0 saturated carbocycles. The second kappa shape index (κ2) is 3.87. The van der Waals surface area contributed by atoms with Gasteiger partial charge in [-0.25, -0.2) is 0 Å². The van der Waals surface area contributed by atoms with Crippen LogP contribution in [0.4, 0.5) is 0 Å². The summed E-state index contributed by atoms with van der Waals surface area (Å²) in [6, 6.07) is 0. The molecule has 2 aliphatic rings. The van der Waals surface area contributed by atoms with Crippen LogP contribution in [0.1, 0.15) is 40.0 Å². The summed E-state index contributed by atoms with van der Waals surface area (Å²) < 4.78 is 11.8. The average molecular weight is 212 g/mol. The first-order valence-corrected chi connectivity index (χ1v) is 5.85. The number of carbonyl (C=O) groups is 1. The molecule has 2 fully saturated rings. The van der Waals surface area contributed by atoms with Gasteiger partial charge in [-0.3, -0.25) is 0 Å². The van der Waals surface area contributed by atoms with Crippen molar-refractivity contribution in [3.8, 4) is 0 Å². The van der Waals surface area contributed by atoms with Gasteiger partial charge in [-0.15, -0.1) is 0 Å². The molecule has 4 atom stereocenters. The normalized spacial score (nSPS) is 44.7. The summed E-state index contributed by atoms with van der Waals surface area (Å²) in [6.45, 7) is 6.42. The van der Waals surface area contributed by atoms with Crippen LogP contribution < -0.4 is 0 Å². The van der Waals surface area contributed by atoms with E-state index in [-0.39, 0.29) is 12.2 Å². The van der Waals surface area contributed by atoms with Gasteiger partial charge in [0.25, 0.3) is 0 Å². The van der Waals surface area contributed by atoms with Gasteiger partial charge in [0.05, 0.1) is 12.2 Å². The first-order valence-electron chi connectivity index (χ1n) is 5.85. The van der Waals surface area contributed by atoms with Gasteiger partial charge in [0, 0.05) is 12.8 Å². The smallest absolute Gasteiger partial charge is 0.166 e. The number of hydrogen-bond donors (Lipinski definition) is 0. The molecule has 0 N–H and O–H groups in total. The molecule has 86 valence electrons. The second-order valence-corrected chi connectivity index (χ2v) is 5.22. The molecule has 3 nitrogen and oxygen atoms in total. The monoisotopic (exact) mass is 212 g/mol. The molecule has 2 saturated heterocycles. The van der Waals surface area contributed by atoms with E-state index in [4.69, 9.17) is 9.47 Å². The standard InChI is InChI=1S/C12H20O3/c1-8(2)9-4-6-12(3)14-10(5-7-13)11(9)15-12/h7-11H,4-6H2,1-3H3. The molecule has 3 heteroatoms. The molecule has 2 bridgehead atoms. The number of fused-ring (bicyclic) bond motifs is 2. The van der Waals surface area contributed by atoms with E-state index < -0.39 is 5.79 Å². The summed E-state index contributed by atoms with van der Waals surface area (Å²) in [5.74, 6) is 0.699. The van der Waals surface area contributed by atoms with Crippen molar-refractivity contribution in [2.24, 2.45) is 11.8 Å². The second-order valence-electron chi connectivity index (χ2n) is 5.22. The van der Waals surface area contributed by atoms with Crippen molar-refractivity contribution in [2.75, 3.05) is 0 Å². The molecule has 2 rings (SSSR count). The topological polar surface area (TPSA) is 35.5 Å². The highest BCUT2D eigenvalue weighted by molar-refractivity contribution is 5.50. The number of rotatable bonds is 3. The summed E-state index contributed by atoms with van der Waals surface area (Å²) in [5.41, 5.74) is 0. The van der Waals surface area contributed by atoms with Crippen molar-refractivity contribution < 1.29 is 14.3 Å². The zero-order valence-electron chi connectivity index (χ0n) is 9.73. The van der Waals surface area contributed by atoms with E-state index in [9.17, 15) is 4.79 Å². The van der Waals surface area contributed by atoms with Crippen LogP contribution in [-0.4, -0.2) is 24.3 Å². The van der Waals surface area contributed by atoms with Gasteiger partial charge in [0.2, 0.25) is 0 Å². The van der Waals surface area contributed by atoms with Gasteiger partial charge in [0.1, 0.15) is 6.29 Å². The first-order chi connectivity index (χ1) is 7.06. The first kappa shape index (κ1) is 11.1. The molecular weight excluding hydrogens is 192 g/mol. The number of carbonyl (C=O) groups excluding carboxylic acids is 1. The van der Waals surface area contributed by atoms with E-state index in [1.54, 1.807) is 0 Å². The molecule has 2 aliphatic heterocycles. The Bertz CT molecular complexity index is 251. The highest BCUT2D eigenvalue weighted by Gasteiger charge is 2.51. The van der Waals surface area contributed by atoms with Crippen LogP contribution >= 0.6 is 0 Å². The minimum atomic E-state index is -0.427. The minimum Gasteiger partial charge on any atom is -0.344 e. The third-order valence-electron chi connectivity index (χ3n) is 3.69. The van der Waals surface area contributed by atoms with Crippen molar-refractivity contribution in [1.82, 2.24) is 0 Å². The van der Waals surface area contributed by atoms with Crippen LogP contribution in [0, 0.1) is 11.8 Å². The van der Waals surface area contributed by atoms with E-state index in [0.717, 1.165) is 19.1 Å². The molecule has 0 aromatic heterocycles. The maximum Gasteiger partial charge on any atom is 0.166 e. The van der Waals surface area contributed by atoms with E-state index in [0.29, 0.717) is 18.3 Å². The maximum atomic E-state index is 10.6. The third kappa shape index (κ3) is 1.95. The Labute approximate surface area is 91.1 Å². The quantitative estimate of drug-likeness (QED) is 0.672. The van der Waals surface area contributed by atoms with Crippen molar-refractivity contribution in [1.29, 1.82) is 0 Å². The van der Waals surface area contributed by atoms with E-state index in [1.807, 2.05) is 6.92 Å². The van der Waals surface area contributed by atoms with Crippen LogP contribution in [0.3, 0.4) is 0 Å². The van der Waals surface area contributed by atoms with Crippen LogP contribution in [0.25, 0.3) is 0 Å². The van der Waals surface area contributed by atoms with Gasteiger partial charge >= 0.3 is 0 Å². The Kier molecular flexibility index (Phi) is 2.86. The van der Waals surface area contributed by atoms with Crippen LogP contribution in [-0.2, 0) is 14.3 Å². The average Bonchev–Trinajstić information content (AvgIpc) is 2.39. The molecule has 0 aliphatic carbocycles. The fourth-order valence-electron chi connectivity index (χ4n) is 2.84. The Morgan fingerprint density at radius 2 is 2.20 bits per heavy atom. The molecule has 4 unspecified atom stereocenters. The fraction of sp³-hybridized carbons (Fsp3) is 0.917. The van der Waals surface area contributed by atoms with Crippen molar-refractivity contribution in [3.05, 3.63) is 0 Å². The third-order valence-corrected chi connectivity index (χ3v) is 3.69. The molecule has 0 radical (unpaired) electrons. The predicted molar refractivity (Wildman–Crippen MR) is 56.4 cm³/mol. The Balaban J connectivity index is 2.13. The van der Waals surface area contributed by atoms with E-state index in [2.05, 4.69) is 13.8 Å². The zero-order chi connectivity index (χ0) is 11.1. The van der Waals surface area contributed by atoms with Crippen molar-refractivity contribution >= 4 is 6.29 Å². The summed E-state index contributed by atoms with van der Waals surface area (Å²) in [7, 11) is 0. The van der Waals surface area contributed by atoms with E-state index in [1.165, 1.54) is 0 Å². The molecule has 0 aromatic rings. The summed E-state index contributed by atoms with van der Waals surface area (Å²) in [5, 5.41) is 0. The van der Waals surface area contributed by atoms with Crippen molar-refractivity contribution in [3.63, 3.8) is 0 Å². The number of aldehydes is 1. The lowest BCUT2D eigenvalue weighted by Gasteiger charge is -2.35. The lowest BCUT2D eigenvalue weighted by atomic mass is 9.81. The number of ether oxygens (including phenoxy) is 2. The van der Waals surface area contributed by atoms with Gasteiger partial charge in [-0.1, -0.05) is 13.8 Å². The van der Waals surface area contributed by atoms with Crippen LogP contribution in [0.15, 0.2) is 0 Å². The largest absolute Gasteiger partial charge is 0.344 e. The highest BCUT2D eigenvalue weighted by Crippen LogP contribution is 2.45. The lowest BCUT2D eigenvalue weighted by Crippen LogP contribution is -2.39. The molecule has 0 aromatic carbocycles. The van der Waals surface area contributed by atoms with Crippen LogP contribution in [0.5, 0.6) is 0 Å². The number of hydrogen-bond acceptors (Lipinski definition) is 3. The van der Waals surface area contributed by atoms with Crippen molar-refractivity contribution in [2.45, 2.75) is 58.0 Å². The Morgan fingerprint density at radius 1 is 1.47 bits per heavy atom. The lowest BCUT2D eigenvalue weighted by molar-refractivity contribution is -0.192. The molecule has 2 heterocycles. The Hall–Kier alpha value is -0.410. The summed E-state index contributed by atoms with van der Waals surface area (Å²) in [4.78, 5) is 10.6. The van der Waals surface area contributed by atoms with Gasteiger partial charge < -0.3 is 14.3 Å². The van der Waals surface area contributed by atoms with Gasteiger partial charge in [-0.05, 0) is 25.2 Å². The maximum absolute atomic E-state index is 10.6. The van der Waals surface area contributed by atoms with Gasteiger partial charge in [0.15, 0.2) is 5.79 Å². The van der Waals surface area contributed by atoms with E-state index >= 15 is 0 Å². The predicted octanol–water partition coefficient (Wildman–Crippen LogP) is 2.14. The molecular formula is C12H20O3. The molecule has 0 amide bonds. The molecule has 0 spiro atoms. The zero-order valence-corrected chi connectivity index (χ0v) is 9.73. The van der Waals surface area contributed by atoms with Gasteiger partial charge in [-0.2, -0.15) is 0 Å². The fourth-order valence-corrected chi connectivity index (χ4v) is 2.84.